The Kier molecular flexibility index (Phi) is 5.76. The molecular weight excluding hydrogens is 352 g/mol. The average Bonchev–Trinajstić information content (AvgIpc) is 2.73. The number of hydrogen-bond donors (Lipinski definition) is 0. The summed E-state index contributed by atoms with van der Waals surface area (Å²) in [6.07, 6.45) is 1.88. The predicted octanol–water partition coefficient (Wildman–Crippen LogP) is 7.28. The highest BCUT2D eigenvalue weighted by atomic mass is 16.5. The van der Waals surface area contributed by atoms with Crippen LogP contribution in [0, 0.1) is 13.8 Å². The summed E-state index contributed by atoms with van der Waals surface area (Å²) in [5.74, 6) is 1.83. The Hall–Kier alpha value is -3.32. The van der Waals surface area contributed by atoms with Crippen LogP contribution in [0.25, 0.3) is 0 Å². The maximum absolute atomic E-state index is 6.25. The van der Waals surface area contributed by atoms with Gasteiger partial charge in [-0.05, 0) is 72.2 Å². The fourth-order valence-corrected chi connectivity index (χ4v) is 3.65. The van der Waals surface area contributed by atoms with Gasteiger partial charge in [-0.2, -0.15) is 0 Å². The van der Waals surface area contributed by atoms with Gasteiger partial charge in [0.2, 0.25) is 0 Å². The highest BCUT2D eigenvalue weighted by Gasteiger charge is 2.07. The summed E-state index contributed by atoms with van der Waals surface area (Å²) in [6, 6.07) is 34.1. The molecule has 0 saturated heterocycles. The van der Waals surface area contributed by atoms with Crippen molar-refractivity contribution >= 4 is 0 Å². The highest BCUT2D eigenvalue weighted by molar-refractivity contribution is 5.44. The number of hydrogen-bond acceptors (Lipinski definition) is 1. The number of ether oxygens (including phenoxy) is 1. The predicted molar refractivity (Wildman–Crippen MR) is 121 cm³/mol. The third-order valence-corrected chi connectivity index (χ3v) is 5.20. The lowest BCUT2D eigenvalue weighted by atomic mass is 10.0. The van der Waals surface area contributed by atoms with Crippen LogP contribution in [0.1, 0.15) is 33.4 Å². The minimum atomic E-state index is 0.917. The normalized spacial score (nSPS) is 10.7. The van der Waals surface area contributed by atoms with Gasteiger partial charge in [0.25, 0.3) is 0 Å². The minimum absolute atomic E-state index is 0.917. The van der Waals surface area contributed by atoms with Gasteiger partial charge < -0.3 is 4.74 Å². The lowest BCUT2D eigenvalue weighted by molar-refractivity contribution is 0.475. The summed E-state index contributed by atoms with van der Waals surface area (Å²) >= 11 is 0. The summed E-state index contributed by atoms with van der Waals surface area (Å²) in [5.41, 5.74) is 7.57. The molecule has 0 radical (unpaired) electrons. The second kappa shape index (κ2) is 8.79. The summed E-state index contributed by atoms with van der Waals surface area (Å²) in [5, 5.41) is 0. The van der Waals surface area contributed by atoms with Crippen molar-refractivity contribution in [1.82, 2.24) is 0 Å². The van der Waals surface area contributed by atoms with Crippen LogP contribution in [0.2, 0.25) is 0 Å². The smallest absolute Gasteiger partial charge is 0.130 e. The van der Waals surface area contributed by atoms with Crippen LogP contribution in [0.3, 0.4) is 0 Å². The summed E-state index contributed by atoms with van der Waals surface area (Å²) in [4.78, 5) is 0. The zero-order valence-corrected chi connectivity index (χ0v) is 17.1. The Morgan fingerprint density at radius 2 is 0.897 bits per heavy atom. The second-order valence-corrected chi connectivity index (χ2v) is 7.63. The fraction of sp³-hybridized carbons (Fsp3) is 0.143. The molecule has 4 aromatic rings. The highest BCUT2D eigenvalue weighted by Crippen LogP contribution is 2.30. The molecule has 4 rings (SSSR count). The van der Waals surface area contributed by atoms with Crippen LogP contribution in [0.15, 0.2) is 97.1 Å². The first-order valence-corrected chi connectivity index (χ1v) is 10.1. The minimum Gasteiger partial charge on any atom is -0.457 e. The van der Waals surface area contributed by atoms with Crippen molar-refractivity contribution in [3.8, 4) is 11.5 Å². The molecule has 0 spiro atoms. The monoisotopic (exact) mass is 378 g/mol. The van der Waals surface area contributed by atoms with Crippen molar-refractivity contribution in [3.63, 3.8) is 0 Å². The van der Waals surface area contributed by atoms with E-state index in [0.717, 1.165) is 35.5 Å². The van der Waals surface area contributed by atoms with Gasteiger partial charge >= 0.3 is 0 Å². The van der Waals surface area contributed by atoms with Crippen LogP contribution in [-0.2, 0) is 12.8 Å². The molecule has 0 heterocycles. The van der Waals surface area contributed by atoms with E-state index in [1.807, 2.05) is 0 Å². The molecule has 0 aliphatic rings. The fourth-order valence-electron chi connectivity index (χ4n) is 3.65. The molecule has 0 fully saturated rings. The van der Waals surface area contributed by atoms with E-state index < -0.39 is 0 Å². The van der Waals surface area contributed by atoms with Gasteiger partial charge in [0, 0.05) is 0 Å². The topological polar surface area (TPSA) is 9.23 Å². The van der Waals surface area contributed by atoms with Crippen LogP contribution in [0.4, 0.5) is 0 Å². The molecule has 4 aromatic carbocycles. The molecule has 1 heteroatoms. The first kappa shape index (κ1) is 19.0. The van der Waals surface area contributed by atoms with Gasteiger partial charge in [-0.15, -0.1) is 0 Å². The van der Waals surface area contributed by atoms with E-state index in [-0.39, 0.29) is 0 Å². The van der Waals surface area contributed by atoms with Crippen LogP contribution < -0.4 is 4.74 Å². The number of rotatable bonds is 6. The maximum atomic E-state index is 6.25. The van der Waals surface area contributed by atoms with Gasteiger partial charge in [-0.1, -0.05) is 84.9 Å². The lowest BCUT2D eigenvalue weighted by Gasteiger charge is -2.13. The van der Waals surface area contributed by atoms with Crippen molar-refractivity contribution < 1.29 is 4.74 Å². The van der Waals surface area contributed by atoms with Crippen LogP contribution >= 0.6 is 0 Å². The van der Waals surface area contributed by atoms with E-state index in [9.17, 15) is 0 Å². The van der Waals surface area contributed by atoms with Gasteiger partial charge in [0.15, 0.2) is 0 Å². The quantitative estimate of drug-likeness (QED) is 0.342. The zero-order valence-electron chi connectivity index (χ0n) is 17.1. The van der Waals surface area contributed by atoms with E-state index in [2.05, 4.69) is 111 Å². The third kappa shape index (κ3) is 4.94. The van der Waals surface area contributed by atoms with Crippen LogP contribution in [0.5, 0.6) is 11.5 Å². The van der Waals surface area contributed by atoms with Crippen molar-refractivity contribution in [1.29, 1.82) is 0 Å². The average molecular weight is 379 g/mol. The third-order valence-electron chi connectivity index (χ3n) is 5.20. The van der Waals surface area contributed by atoms with E-state index >= 15 is 0 Å². The van der Waals surface area contributed by atoms with Crippen molar-refractivity contribution in [2.45, 2.75) is 26.7 Å². The second-order valence-electron chi connectivity index (χ2n) is 7.63. The molecule has 29 heavy (non-hydrogen) atoms. The molecule has 0 unspecified atom stereocenters. The van der Waals surface area contributed by atoms with Crippen LogP contribution in [-0.4, -0.2) is 0 Å². The molecule has 0 amide bonds. The lowest BCUT2D eigenvalue weighted by Crippen LogP contribution is -1.95. The first-order chi connectivity index (χ1) is 14.2. The Balaban J connectivity index is 1.47. The van der Waals surface area contributed by atoms with Crippen molar-refractivity contribution in [2.24, 2.45) is 0 Å². The molecular formula is C28H26O. The Morgan fingerprint density at radius 1 is 0.483 bits per heavy atom. The molecule has 0 aliphatic heterocycles. The maximum Gasteiger partial charge on any atom is 0.130 e. The molecule has 1 nitrogen and oxygen atoms in total. The SMILES string of the molecule is Cc1cc(Cc2ccccc2)ccc1Oc1ccc(Cc2ccccc2)cc1C. The Bertz CT molecular complexity index is 993. The standard InChI is InChI=1S/C28H26O/c1-21-17-25(19-23-9-5-3-6-10-23)13-15-27(21)29-28-16-14-26(18-22(28)2)20-24-11-7-4-8-12-24/h3-18H,19-20H2,1-2H3. The van der Waals surface area contributed by atoms with E-state index in [0.29, 0.717) is 0 Å². The van der Waals surface area contributed by atoms with Gasteiger partial charge in [0.05, 0.1) is 0 Å². The van der Waals surface area contributed by atoms with E-state index in [1.54, 1.807) is 0 Å². The summed E-state index contributed by atoms with van der Waals surface area (Å²) < 4.78 is 6.25. The number of aryl methyl sites for hydroxylation is 2. The van der Waals surface area contributed by atoms with Gasteiger partial charge in [0.1, 0.15) is 11.5 Å². The molecule has 0 bridgehead atoms. The van der Waals surface area contributed by atoms with Crippen molar-refractivity contribution in [2.75, 3.05) is 0 Å². The molecule has 0 atom stereocenters. The zero-order chi connectivity index (χ0) is 20.1. The molecule has 144 valence electrons. The first-order valence-electron chi connectivity index (χ1n) is 10.1. The summed E-state index contributed by atoms with van der Waals surface area (Å²) in [7, 11) is 0. The molecule has 0 saturated carbocycles. The molecule has 0 N–H and O–H groups in total. The Morgan fingerprint density at radius 3 is 1.28 bits per heavy atom. The van der Waals surface area contributed by atoms with E-state index in [1.165, 1.54) is 22.3 Å². The Labute approximate surface area is 173 Å². The number of benzene rings is 4. The van der Waals surface area contributed by atoms with Gasteiger partial charge in [-0.3, -0.25) is 0 Å². The molecule has 0 aliphatic carbocycles. The van der Waals surface area contributed by atoms with Gasteiger partial charge in [-0.25, -0.2) is 0 Å². The van der Waals surface area contributed by atoms with Crippen molar-refractivity contribution in [3.05, 3.63) is 130 Å². The molecule has 0 aromatic heterocycles. The largest absolute Gasteiger partial charge is 0.457 e. The van der Waals surface area contributed by atoms with E-state index in [4.69, 9.17) is 4.74 Å². The summed E-state index contributed by atoms with van der Waals surface area (Å²) in [6.45, 7) is 4.23.